The fourth-order valence-electron chi connectivity index (χ4n) is 12.2. The van der Waals surface area contributed by atoms with E-state index in [1.165, 1.54) is 68.4 Å². The van der Waals surface area contributed by atoms with E-state index in [0.717, 1.165) is 56.3 Å². The highest BCUT2D eigenvalue weighted by atomic mass is 33.1. The molecule has 1 aliphatic carbocycles. The van der Waals surface area contributed by atoms with E-state index in [1.807, 2.05) is 60.7 Å². The molecule has 11 rings (SSSR count). The highest BCUT2D eigenvalue weighted by molar-refractivity contribution is 8.77. The standard InChI is InChI=1S/C69H75N7O14S4/c1-44-35-55(57-21-16-29-84-57)75(41-44)64(77)50-37-58(82-3)60(39-53(50)72-67(79)88-31-33-91-93-62-22-10-12-24-70-62)85-27-14-5-15-28-86-61-40-54(73-68(80)89-32-34-92-94-63-23-11-13-25-71-63)51(38-59(61)83-4)65(78)76-42-45(2)36-56(76)66-74(26-30-87-66)69(81)90-43-52-48-19-8-6-17-46(48)47-18-7-9-20-49(47)52/h6-13,17-20,22-25,37-40,52,55-57,66H,1-2,5,14-16,21,26-36,41-43H2,3-4H3,(H,72,79)(H,73,80)/t55-,56-,57?,66?/m0/s1. The Labute approximate surface area is 562 Å². The van der Waals surface area contributed by atoms with E-state index in [1.54, 1.807) is 40.4 Å². The van der Waals surface area contributed by atoms with Crippen LogP contribution in [0.2, 0.25) is 0 Å². The molecule has 21 nitrogen and oxygen atoms in total. The molecule has 4 atom stereocenters. The summed E-state index contributed by atoms with van der Waals surface area (Å²) in [6.07, 6.45) is 4.84. The van der Waals surface area contributed by atoms with Crippen LogP contribution in [-0.4, -0.2) is 171 Å². The van der Waals surface area contributed by atoms with Gasteiger partial charge in [0.25, 0.3) is 11.8 Å². The van der Waals surface area contributed by atoms with Gasteiger partial charge in [-0.05, 0) is 125 Å². The van der Waals surface area contributed by atoms with Gasteiger partial charge in [-0.25, -0.2) is 24.4 Å². The van der Waals surface area contributed by atoms with E-state index in [2.05, 4.69) is 58.0 Å². The third kappa shape index (κ3) is 16.7. The number of nitrogens with zero attached hydrogens (tertiary/aromatic N) is 5. The summed E-state index contributed by atoms with van der Waals surface area (Å²) in [5.74, 6) is 1.12. The van der Waals surface area contributed by atoms with Crippen molar-refractivity contribution < 1.29 is 66.6 Å². The molecule has 94 heavy (non-hydrogen) atoms. The lowest BCUT2D eigenvalue weighted by Gasteiger charge is -2.33. The van der Waals surface area contributed by atoms with Crippen molar-refractivity contribution in [3.05, 3.63) is 168 Å². The molecule has 4 aliphatic heterocycles. The number of hydrogen-bond acceptors (Lipinski definition) is 20. The molecule has 0 spiro atoms. The molecule has 4 aromatic carbocycles. The molecule has 494 valence electrons. The summed E-state index contributed by atoms with van der Waals surface area (Å²) in [6, 6.07) is 33.0. The number of nitrogens with one attached hydrogen (secondary N) is 2. The maximum atomic E-state index is 15.1. The average molecular weight is 1350 g/mol. The lowest BCUT2D eigenvalue weighted by atomic mass is 9.98. The number of benzene rings is 4. The molecule has 5 aliphatic rings. The Bertz CT molecular complexity index is 3640. The Balaban J connectivity index is 0.741. The number of aromatic nitrogens is 2. The smallest absolute Gasteiger partial charge is 0.412 e. The molecule has 0 bridgehead atoms. The predicted molar refractivity (Wildman–Crippen MR) is 364 cm³/mol. The van der Waals surface area contributed by atoms with Gasteiger partial charge in [0, 0.05) is 61.6 Å². The maximum absolute atomic E-state index is 15.1. The Morgan fingerprint density at radius 3 is 1.62 bits per heavy atom. The lowest BCUT2D eigenvalue weighted by Crippen LogP contribution is -2.51. The molecule has 6 heterocycles. The summed E-state index contributed by atoms with van der Waals surface area (Å²) in [6.45, 7) is 10.8. The molecule has 25 heteroatoms. The van der Waals surface area contributed by atoms with Gasteiger partial charge in [0.15, 0.2) is 29.2 Å². The van der Waals surface area contributed by atoms with Crippen LogP contribution >= 0.6 is 43.2 Å². The number of pyridine rings is 2. The molecule has 0 radical (unpaired) electrons. The summed E-state index contributed by atoms with van der Waals surface area (Å²) in [7, 11) is 8.87. The minimum atomic E-state index is -0.852. The van der Waals surface area contributed by atoms with Crippen molar-refractivity contribution in [3.8, 4) is 34.1 Å². The van der Waals surface area contributed by atoms with Crippen molar-refractivity contribution >= 4 is 84.6 Å². The van der Waals surface area contributed by atoms with Gasteiger partial charge >= 0.3 is 18.3 Å². The monoisotopic (exact) mass is 1350 g/mol. The third-order valence-electron chi connectivity index (χ3n) is 16.5. The van der Waals surface area contributed by atoms with Crippen LogP contribution < -0.4 is 29.6 Å². The normalized spacial score (nSPS) is 18.2. The molecule has 2 N–H and O–H groups in total. The minimum Gasteiger partial charge on any atom is -0.493 e. The van der Waals surface area contributed by atoms with E-state index < -0.39 is 36.5 Å². The maximum Gasteiger partial charge on any atom is 0.412 e. The largest absolute Gasteiger partial charge is 0.493 e. The summed E-state index contributed by atoms with van der Waals surface area (Å²) >= 11 is 0. The van der Waals surface area contributed by atoms with Crippen molar-refractivity contribution in [2.75, 3.05) is 102 Å². The van der Waals surface area contributed by atoms with Gasteiger partial charge < -0.3 is 52.4 Å². The minimum absolute atomic E-state index is 0.0615. The first-order valence-electron chi connectivity index (χ1n) is 31.2. The third-order valence-corrected chi connectivity index (χ3v) is 21.0. The van der Waals surface area contributed by atoms with Crippen molar-refractivity contribution in [1.29, 1.82) is 0 Å². The summed E-state index contributed by atoms with van der Waals surface area (Å²) in [5.41, 5.74) is 6.67. The zero-order valence-corrected chi connectivity index (χ0v) is 55.6. The second kappa shape index (κ2) is 32.9. The molecule has 4 fully saturated rings. The number of carbonyl (C=O) groups is 5. The Hall–Kier alpha value is -8.07. The summed E-state index contributed by atoms with van der Waals surface area (Å²) in [4.78, 5) is 84.5. The van der Waals surface area contributed by atoms with Crippen LogP contribution in [0.1, 0.15) is 82.7 Å². The van der Waals surface area contributed by atoms with E-state index >= 15 is 4.79 Å². The number of amides is 5. The van der Waals surface area contributed by atoms with Crippen LogP contribution in [0, 0.1) is 0 Å². The molecule has 4 saturated heterocycles. The molecule has 2 aromatic heterocycles. The Morgan fingerprint density at radius 2 is 1.11 bits per heavy atom. The van der Waals surface area contributed by atoms with Crippen LogP contribution in [0.4, 0.5) is 25.8 Å². The van der Waals surface area contributed by atoms with E-state index in [9.17, 15) is 19.2 Å². The number of ether oxygens (including phenoxy) is 9. The topological polar surface area (TPSA) is 228 Å². The van der Waals surface area contributed by atoms with Crippen molar-refractivity contribution in [2.24, 2.45) is 0 Å². The fourth-order valence-corrected chi connectivity index (χ4v) is 15.6. The molecular weight excluding hydrogens is 1280 g/mol. The number of unbranched alkanes of at least 4 members (excludes halogenated alkanes) is 2. The first kappa shape index (κ1) is 67.4. The first-order valence-corrected chi connectivity index (χ1v) is 35.9. The molecule has 2 unspecified atom stereocenters. The number of rotatable bonds is 28. The zero-order valence-electron chi connectivity index (χ0n) is 52.4. The highest BCUT2D eigenvalue weighted by Crippen LogP contribution is 2.46. The SMILES string of the molecule is C=C1C[C@@H](C2CCCO2)N(C(=O)c2cc(OC)c(OCCCCCOc3cc(NC(=O)OCCSSc4ccccn4)c(C(=O)N4CC(=C)C[C@H]4C4OCCN4C(=O)OCC4c5ccccc5-c5ccccc54)cc3OC)cc2NC(=O)OCCSSc2ccccn2)C1. The number of fused-ring (bicyclic) bond motifs is 3. The first-order chi connectivity index (χ1) is 45.9. The molecule has 6 aromatic rings. The lowest BCUT2D eigenvalue weighted by molar-refractivity contribution is -0.0211. The summed E-state index contributed by atoms with van der Waals surface area (Å²) < 4.78 is 54.0. The van der Waals surface area contributed by atoms with E-state index in [0.29, 0.717) is 68.3 Å². The van der Waals surface area contributed by atoms with Crippen molar-refractivity contribution in [2.45, 2.75) is 85.3 Å². The number of anilines is 2. The molecule has 5 amide bonds. The second-order valence-corrected chi connectivity index (χ2v) is 27.6. The van der Waals surface area contributed by atoms with Crippen LogP contribution in [0.3, 0.4) is 0 Å². The van der Waals surface area contributed by atoms with Crippen molar-refractivity contribution in [1.82, 2.24) is 24.7 Å². The quantitative estimate of drug-likeness (QED) is 0.0201. The van der Waals surface area contributed by atoms with E-state index in [-0.39, 0.29) is 111 Å². The van der Waals surface area contributed by atoms with Crippen molar-refractivity contribution in [3.63, 3.8) is 0 Å². The zero-order chi connectivity index (χ0) is 65.3. The Kier molecular flexibility index (Phi) is 23.5. The van der Waals surface area contributed by atoms with Gasteiger partial charge in [0.2, 0.25) is 0 Å². The number of hydrogen-bond donors (Lipinski definition) is 2. The highest BCUT2D eigenvalue weighted by Gasteiger charge is 2.46. The Morgan fingerprint density at radius 1 is 0.585 bits per heavy atom. The van der Waals surface area contributed by atoms with Crippen LogP contribution in [0.15, 0.2) is 156 Å². The van der Waals surface area contributed by atoms with Gasteiger partial charge in [-0.2, -0.15) is 0 Å². The second-order valence-electron chi connectivity index (χ2n) is 22.7. The van der Waals surface area contributed by atoms with Gasteiger partial charge in [0.05, 0.1) is 81.3 Å². The number of methoxy groups -OCH3 is 2. The average Bonchev–Trinajstić information content (AvgIpc) is 1.59. The van der Waals surface area contributed by atoms with Gasteiger partial charge in [-0.15, -0.1) is 0 Å². The number of likely N-dealkylation sites (tertiary alicyclic amines) is 2. The number of carbonyl (C=O) groups excluding carboxylic acids is 5. The predicted octanol–water partition coefficient (Wildman–Crippen LogP) is 13.4. The van der Waals surface area contributed by atoms with Crippen LogP contribution in [0.25, 0.3) is 11.1 Å². The van der Waals surface area contributed by atoms with Crippen LogP contribution in [-0.2, 0) is 23.7 Å². The van der Waals surface area contributed by atoms with Crippen LogP contribution in [0.5, 0.6) is 23.0 Å². The van der Waals surface area contributed by atoms with Gasteiger partial charge in [-0.3, -0.25) is 25.1 Å². The molecule has 0 saturated carbocycles. The summed E-state index contributed by atoms with van der Waals surface area (Å²) in [5, 5.41) is 7.28. The van der Waals surface area contributed by atoms with E-state index in [4.69, 9.17) is 42.6 Å². The van der Waals surface area contributed by atoms with Gasteiger partial charge in [-0.1, -0.05) is 107 Å². The fraction of sp³-hybridized carbons (Fsp3) is 0.377. The molecular formula is C69H75N7O14S4. The van der Waals surface area contributed by atoms with Gasteiger partial charge in [0.1, 0.15) is 29.9 Å².